The van der Waals surface area contributed by atoms with Crippen LogP contribution in [0.4, 0.5) is 4.79 Å². The Kier molecular flexibility index (Phi) is 4.48. The van der Waals surface area contributed by atoms with E-state index >= 15 is 0 Å². The molecule has 24 heavy (non-hydrogen) atoms. The Hall–Kier alpha value is -1.26. The first kappa shape index (κ1) is 19.1. The molecule has 2 rings (SSSR count). The van der Waals surface area contributed by atoms with E-state index in [9.17, 15) is 9.59 Å². The molecule has 2 amide bonds. The molecule has 1 saturated heterocycles. The summed E-state index contributed by atoms with van der Waals surface area (Å²) in [6.45, 7) is 18.8. The van der Waals surface area contributed by atoms with Gasteiger partial charge in [-0.25, -0.2) is 4.79 Å². The predicted octanol–water partition coefficient (Wildman–Crippen LogP) is 3.43. The first-order valence-corrected chi connectivity index (χ1v) is 8.96. The van der Waals surface area contributed by atoms with Crippen molar-refractivity contribution in [1.82, 2.24) is 10.2 Å². The van der Waals surface area contributed by atoms with Crippen molar-refractivity contribution in [3.63, 3.8) is 0 Å². The highest BCUT2D eigenvalue weighted by Gasteiger charge is 2.66. The van der Waals surface area contributed by atoms with Crippen LogP contribution in [0.25, 0.3) is 0 Å². The van der Waals surface area contributed by atoms with Gasteiger partial charge < -0.3 is 15.0 Å². The molecule has 138 valence electrons. The van der Waals surface area contributed by atoms with Crippen molar-refractivity contribution in [2.45, 2.75) is 80.0 Å². The Balaban J connectivity index is 2.09. The van der Waals surface area contributed by atoms with Crippen molar-refractivity contribution in [2.75, 3.05) is 6.54 Å². The SMILES string of the molecule is C[C@@H]1[C@@H]2[C@H](CN1C(=O)[C@@H](NC(=O)OC(C)(C)C)C(C)(C)C)C2(C)C. The third-order valence-corrected chi connectivity index (χ3v) is 5.60. The van der Waals surface area contributed by atoms with Gasteiger partial charge in [0.1, 0.15) is 11.6 Å². The summed E-state index contributed by atoms with van der Waals surface area (Å²) in [5, 5.41) is 2.81. The van der Waals surface area contributed by atoms with E-state index in [0.717, 1.165) is 6.54 Å². The quantitative estimate of drug-likeness (QED) is 0.839. The summed E-state index contributed by atoms with van der Waals surface area (Å²) in [4.78, 5) is 27.3. The van der Waals surface area contributed by atoms with Crippen LogP contribution in [-0.2, 0) is 9.53 Å². The molecule has 0 aromatic rings. The lowest BCUT2D eigenvalue weighted by Crippen LogP contribution is -2.57. The Morgan fingerprint density at radius 2 is 1.71 bits per heavy atom. The van der Waals surface area contributed by atoms with Crippen LogP contribution in [0.3, 0.4) is 0 Å². The monoisotopic (exact) mass is 338 g/mol. The van der Waals surface area contributed by atoms with Gasteiger partial charge in [-0.15, -0.1) is 0 Å². The number of hydrogen-bond acceptors (Lipinski definition) is 3. The van der Waals surface area contributed by atoms with E-state index in [-0.39, 0.29) is 17.4 Å². The maximum Gasteiger partial charge on any atom is 0.408 e. The van der Waals surface area contributed by atoms with Crippen LogP contribution in [0.2, 0.25) is 0 Å². The molecule has 2 fully saturated rings. The Morgan fingerprint density at radius 3 is 2.08 bits per heavy atom. The maximum absolute atomic E-state index is 13.1. The Bertz CT molecular complexity index is 528. The van der Waals surface area contributed by atoms with E-state index in [0.29, 0.717) is 17.3 Å². The largest absolute Gasteiger partial charge is 0.444 e. The van der Waals surface area contributed by atoms with Gasteiger partial charge in [0.05, 0.1) is 0 Å². The number of alkyl carbamates (subject to hydrolysis) is 1. The van der Waals surface area contributed by atoms with Crippen LogP contribution in [0.15, 0.2) is 0 Å². The first-order chi connectivity index (χ1) is 10.7. The molecule has 1 N–H and O–H groups in total. The normalized spacial score (nSPS) is 29.7. The summed E-state index contributed by atoms with van der Waals surface area (Å²) in [6, 6.07) is -0.363. The minimum absolute atomic E-state index is 0.00357. The lowest BCUT2D eigenvalue weighted by Gasteiger charge is -2.37. The van der Waals surface area contributed by atoms with Gasteiger partial charge in [0.25, 0.3) is 0 Å². The van der Waals surface area contributed by atoms with Crippen molar-refractivity contribution >= 4 is 12.0 Å². The second kappa shape index (κ2) is 5.63. The van der Waals surface area contributed by atoms with E-state index in [1.807, 2.05) is 46.4 Å². The second-order valence-corrected chi connectivity index (χ2v) is 10.1. The number of fused-ring (bicyclic) bond motifs is 1. The minimum atomic E-state index is -0.588. The van der Waals surface area contributed by atoms with Crippen LogP contribution in [-0.4, -0.2) is 41.1 Å². The van der Waals surface area contributed by atoms with Gasteiger partial charge in [0.2, 0.25) is 5.91 Å². The molecule has 4 atom stereocenters. The topological polar surface area (TPSA) is 58.6 Å². The average molecular weight is 338 g/mol. The molecule has 1 aliphatic heterocycles. The molecule has 2 aliphatic rings. The number of piperidine rings is 1. The molecule has 0 aromatic heterocycles. The summed E-state index contributed by atoms with van der Waals surface area (Å²) in [7, 11) is 0. The second-order valence-electron chi connectivity index (χ2n) is 10.1. The van der Waals surface area contributed by atoms with E-state index < -0.39 is 17.7 Å². The molecule has 5 heteroatoms. The molecular formula is C19H34N2O3. The van der Waals surface area contributed by atoms with Crippen LogP contribution in [0, 0.1) is 22.7 Å². The molecule has 1 heterocycles. The molecule has 5 nitrogen and oxygen atoms in total. The van der Waals surface area contributed by atoms with E-state index in [1.165, 1.54) is 0 Å². The van der Waals surface area contributed by atoms with Gasteiger partial charge in [0.15, 0.2) is 0 Å². The van der Waals surface area contributed by atoms with E-state index in [1.54, 1.807) is 0 Å². The fourth-order valence-electron chi connectivity index (χ4n) is 4.20. The van der Waals surface area contributed by atoms with Crippen molar-refractivity contribution < 1.29 is 14.3 Å². The highest BCUT2D eigenvalue weighted by Crippen LogP contribution is 2.64. The van der Waals surface area contributed by atoms with Gasteiger partial charge in [-0.2, -0.15) is 0 Å². The van der Waals surface area contributed by atoms with Crippen molar-refractivity contribution in [1.29, 1.82) is 0 Å². The number of rotatable bonds is 2. The summed E-state index contributed by atoms with van der Waals surface area (Å²) >= 11 is 0. The molecule has 0 bridgehead atoms. The van der Waals surface area contributed by atoms with Gasteiger partial charge in [-0.3, -0.25) is 4.79 Å². The first-order valence-electron chi connectivity index (χ1n) is 8.96. The smallest absolute Gasteiger partial charge is 0.408 e. The van der Waals surface area contributed by atoms with Crippen LogP contribution in [0.5, 0.6) is 0 Å². The number of nitrogens with zero attached hydrogens (tertiary/aromatic N) is 1. The average Bonchev–Trinajstić information content (AvgIpc) is 2.71. The zero-order chi connectivity index (χ0) is 18.7. The van der Waals surface area contributed by atoms with Crippen molar-refractivity contribution in [3.05, 3.63) is 0 Å². The van der Waals surface area contributed by atoms with E-state index in [2.05, 4.69) is 26.1 Å². The number of hydrogen-bond donors (Lipinski definition) is 1. The van der Waals surface area contributed by atoms with Gasteiger partial charge >= 0.3 is 6.09 Å². The number of carbonyl (C=O) groups excluding carboxylic acids is 2. The zero-order valence-electron chi connectivity index (χ0n) is 16.7. The molecule has 1 saturated carbocycles. The minimum Gasteiger partial charge on any atom is -0.444 e. The summed E-state index contributed by atoms with van der Waals surface area (Å²) in [5.41, 5.74) is -0.621. The fraction of sp³-hybridized carbons (Fsp3) is 0.895. The van der Waals surface area contributed by atoms with Gasteiger partial charge in [-0.1, -0.05) is 34.6 Å². The standard InChI is InChI=1S/C19H34N2O3/c1-11-13-12(19(13,8)9)10-21(11)15(22)14(17(2,3)4)20-16(23)24-18(5,6)7/h11-14H,10H2,1-9H3,(H,20,23)/t11-,12+,13-,14-/m1/s1. The number of amides is 2. The van der Waals surface area contributed by atoms with Crippen LogP contribution < -0.4 is 5.32 Å². The Labute approximate surface area is 146 Å². The van der Waals surface area contributed by atoms with Gasteiger partial charge in [0, 0.05) is 12.6 Å². The Morgan fingerprint density at radius 1 is 1.17 bits per heavy atom. The van der Waals surface area contributed by atoms with E-state index in [4.69, 9.17) is 4.74 Å². The number of likely N-dealkylation sites (tertiary alicyclic amines) is 1. The highest BCUT2D eigenvalue weighted by molar-refractivity contribution is 5.87. The highest BCUT2D eigenvalue weighted by atomic mass is 16.6. The van der Waals surface area contributed by atoms with Crippen LogP contribution >= 0.6 is 0 Å². The number of ether oxygens (including phenoxy) is 1. The molecular weight excluding hydrogens is 304 g/mol. The van der Waals surface area contributed by atoms with Crippen LogP contribution in [0.1, 0.15) is 62.3 Å². The zero-order valence-corrected chi connectivity index (χ0v) is 16.7. The lowest BCUT2D eigenvalue weighted by molar-refractivity contribution is -0.138. The predicted molar refractivity (Wildman–Crippen MR) is 94.5 cm³/mol. The molecule has 0 unspecified atom stereocenters. The molecule has 0 spiro atoms. The number of nitrogens with one attached hydrogen (secondary N) is 1. The third-order valence-electron chi connectivity index (χ3n) is 5.60. The molecule has 0 radical (unpaired) electrons. The van der Waals surface area contributed by atoms with Crippen molar-refractivity contribution in [2.24, 2.45) is 22.7 Å². The lowest BCUT2D eigenvalue weighted by atomic mass is 9.85. The summed E-state index contributed by atoms with van der Waals surface area (Å²) < 4.78 is 5.35. The summed E-state index contributed by atoms with van der Waals surface area (Å²) in [5.74, 6) is 1.16. The van der Waals surface area contributed by atoms with Crippen molar-refractivity contribution in [3.8, 4) is 0 Å². The maximum atomic E-state index is 13.1. The number of carbonyl (C=O) groups is 2. The summed E-state index contributed by atoms with van der Waals surface area (Å²) in [6.07, 6.45) is -0.534. The molecule has 0 aromatic carbocycles. The fourth-order valence-corrected chi connectivity index (χ4v) is 4.20. The molecule has 1 aliphatic carbocycles. The third kappa shape index (κ3) is 3.55. The van der Waals surface area contributed by atoms with Gasteiger partial charge in [-0.05, 0) is 50.4 Å².